The fourth-order valence-electron chi connectivity index (χ4n) is 4.19. The van der Waals surface area contributed by atoms with Gasteiger partial charge in [-0.1, -0.05) is 31.0 Å². The van der Waals surface area contributed by atoms with Crippen LogP contribution in [0.1, 0.15) is 53.9 Å². The van der Waals surface area contributed by atoms with Crippen LogP contribution in [0.25, 0.3) is 0 Å². The van der Waals surface area contributed by atoms with E-state index < -0.39 is 36.1 Å². The number of hydrogen-bond acceptors (Lipinski definition) is 5. The lowest BCUT2D eigenvalue weighted by molar-refractivity contribution is -0.149. The van der Waals surface area contributed by atoms with E-state index in [4.69, 9.17) is 4.74 Å². The Kier molecular flexibility index (Phi) is 6.67. The second-order valence-electron chi connectivity index (χ2n) is 8.19. The lowest BCUT2D eigenvalue weighted by atomic mass is 9.90. The normalized spacial score (nSPS) is 17.6. The minimum absolute atomic E-state index is 0.131. The minimum Gasteiger partial charge on any atom is -0.455 e. The van der Waals surface area contributed by atoms with E-state index >= 15 is 0 Å². The molecule has 1 aliphatic heterocycles. The molecule has 172 valence electrons. The quantitative estimate of drug-likeness (QED) is 0.582. The molecule has 1 atom stereocenters. The first kappa shape index (κ1) is 22.4. The van der Waals surface area contributed by atoms with Gasteiger partial charge in [0.05, 0.1) is 17.2 Å². The number of halogens is 1. The monoisotopic (exact) mass is 453 g/mol. The van der Waals surface area contributed by atoms with Gasteiger partial charge in [0.2, 0.25) is 5.91 Å². The summed E-state index contributed by atoms with van der Waals surface area (Å²) < 4.78 is 18.6. The number of fused-ring (bicyclic) bond motifs is 1. The highest BCUT2D eigenvalue weighted by molar-refractivity contribution is 6.04. The Morgan fingerprint density at radius 3 is 2.64 bits per heavy atom. The molecule has 2 aromatic carbocycles. The van der Waals surface area contributed by atoms with Crippen LogP contribution in [-0.2, 0) is 19.1 Å². The second-order valence-corrected chi connectivity index (χ2v) is 8.19. The van der Waals surface area contributed by atoms with E-state index in [0.717, 1.165) is 31.7 Å². The van der Waals surface area contributed by atoms with Crippen molar-refractivity contribution in [3.63, 3.8) is 0 Å². The van der Waals surface area contributed by atoms with Gasteiger partial charge in [-0.2, -0.15) is 0 Å². The molecule has 3 N–H and O–H groups in total. The average Bonchev–Trinajstić information content (AvgIpc) is 3.30. The van der Waals surface area contributed by atoms with Crippen molar-refractivity contribution < 1.29 is 28.3 Å². The highest BCUT2D eigenvalue weighted by Crippen LogP contribution is 2.33. The van der Waals surface area contributed by atoms with Crippen molar-refractivity contribution in [3.05, 3.63) is 59.4 Å². The molecule has 9 heteroatoms. The van der Waals surface area contributed by atoms with E-state index in [0.29, 0.717) is 16.8 Å². The van der Waals surface area contributed by atoms with Crippen LogP contribution < -0.4 is 16.0 Å². The number of amides is 3. The zero-order valence-electron chi connectivity index (χ0n) is 17.9. The molecule has 0 bridgehead atoms. The van der Waals surface area contributed by atoms with Crippen molar-refractivity contribution in [3.8, 4) is 0 Å². The molecule has 1 aliphatic carbocycles. The molecule has 1 saturated carbocycles. The molecule has 1 fully saturated rings. The molecule has 33 heavy (non-hydrogen) atoms. The molecular formula is C24H24FN3O5. The fraction of sp³-hybridized carbons (Fsp3) is 0.333. The van der Waals surface area contributed by atoms with Gasteiger partial charge in [0.15, 0.2) is 6.61 Å². The van der Waals surface area contributed by atoms with E-state index in [1.54, 1.807) is 24.3 Å². The predicted molar refractivity (Wildman–Crippen MR) is 118 cm³/mol. The SMILES string of the molecule is O=C(COC(=O)C1CC(=O)Nc2cc(F)ccc21)Nc1ccccc1C(=O)NC1CCCC1. The van der Waals surface area contributed by atoms with Crippen LogP contribution in [-0.4, -0.2) is 36.3 Å². The highest BCUT2D eigenvalue weighted by atomic mass is 19.1. The van der Waals surface area contributed by atoms with Crippen molar-refractivity contribution in [1.82, 2.24) is 5.32 Å². The Bertz CT molecular complexity index is 1100. The number of anilines is 2. The van der Waals surface area contributed by atoms with Gasteiger partial charge >= 0.3 is 5.97 Å². The number of nitrogens with one attached hydrogen (secondary N) is 3. The first-order valence-corrected chi connectivity index (χ1v) is 10.9. The van der Waals surface area contributed by atoms with Gasteiger partial charge in [-0.3, -0.25) is 19.2 Å². The molecule has 8 nitrogen and oxygen atoms in total. The summed E-state index contributed by atoms with van der Waals surface area (Å²) in [4.78, 5) is 49.5. The molecule has 1 unspecified atom stereocenters. The van der Waals surface area contributed by atoms with Crippen molar-refractivity contribution >= 4 is 35.1 Å². The van der Waals surface area contributed by atoms with Crippen LogP contribution in [0.5, 0.6) is 0 Å². The molecule has 0 saturated heterocycles. The summed E-state index contributed by atoms with van der Waals surface area (Å²) in [7, 11) is 0. The topological polar surface area (TPSA) is 114 Å². The highest BCUT2D eigenvalue weighted by Gasteiger charge is 2.32. The Morgan fingerprint density at radius 1 is 1.09 bits per heavy atom. The van der Waals surface area contributed by atoms with Gasteiger partial charge in [-0.25, -0.2) is 4.39 Å². The molecule has 4 rings (SSSR count). The Balaban J connectivity index is 1.37. The predicted octanol–water partition coefficient (Wildman–Crippen LogP) is 3.11. The molecule has 2 aromatic rings. The molecule has 1 heterocycles. The van der Waals surface area contributed by atoms with Gasteiger partial charge < -0.3 is 20.7 Å². The maximum Gasteiger partial charge on any atom is 0.314 e. The molecule has 0 aromatic heterocycles. The summed E-state index contributed by atoms with van der Waals surface area (Å²) in [6, 6.07) is 10.5. The summed E-state index contributed by atoms with van der Waals surface area (Å²) in [5, 5.41) is 8.11. The molecule has 2 aliphatic rings. The van der Waals surface area contributed by atoms with Crippen molar-refractivity contribution in [2.45, 2.75) is 44.1 Å². The van der Waals surface area contributed by atoms with Crippen LogP contribution in [0.3, 0.4) is 0 Å². The number of carbonyl (C=O) groups is 4. The maximum absolute atomic E-state index is 13.5. The first-order valence-electron chi connectivity index (χ1n) is 10.9. The number of benzene rings is 2. The van der Waals surface area contributed by atoms with E-state index in [1.807, 2.05) is 0 Å². The summed E-state index contributed by atoms with van der Waals surface area (Å²) in [6.07, 6.45) is 3.87. The number of carbonyl (C=O) groups excluding carboxylic acids is 4. The largest absolute Gasteiger partial charge is 0.455 e. The molecule has 0 spiro atoms. The zero-order valence-corrected chi connectivity index (χ0v) is 17.9. The molecule has 3 amide bonds. The second kappa shape index (κ2) is 9.81. The lowest BCUT2D eigenvalue weighted by Crippen LogP contribution is -2.33. The Morgan fingerprint density at radius 2 is 1.85 bits per heavy atom. The molecule has 0 radical (unpaired) electrons. The third-order valence-electron chi connectivity index (χ3n) is 5.82. The van der Waals surface area contributed by atoms with Crippen LogP contribution in [0.4, 0.5) is 15.8 Å². The van der Waals surface area contributed by atoms with Crippen LogP contribution >= 0.6 is 0 Å². The zero-order chi connectivity index (χ0) is 23.4. The Hall–Kier alpha value is -3.75. The van der Waals surface area contributed by atoms with Gasteiger partial charge in [-0.05, 0) is 42.7 Å². The fourth-order valence-corrected chi connectivity index (χ4v) is 4.19. The number of hydrogen-bond donors (Lipinski definition) is 3. The van der Waals surface area contributed by atoms with E-state index in [1.165, 1.54) is 12.1 Å². The van der Waals surface area contributed by atoms with Gasteiger partial charge in [0.25, 0.3) is 11.8 Å². The van der Waals surface area contributed by atoms with Crippen molar-refractivity contribution in [2.24, 2.45) is 0 Å². The summed E-state index contributed by atoms with van der Waals surface area (Å²) >= 11 is 0. The van der Waals surface area contributed by atoms with Gasteiger partial charge in [-0.15, -0.1) is 0 Å². The van der Waals surface area contributed by atoms with Crippen LogP contribution in [0, 0.1) is 5.82 Å². The summed E-state index contributed by atoms with van der Waals surface area (Å²) in [5.41, 5.74) is 1.27. The number of ether oxygens (including phenoxy) is 1. The standard InChI is InChI=1S/C24H24FN3O5/c25-14-9-10-16-18(12-21(29)28-20(16)11-14)24(32)33-13-22(30)27-19-8-4-3-7-17(19)23(31)26-15-5-1-2-6-15/h3-4,7-11,15,18H,1-2,5-6,12-13H2,(H,26,31)(H,27,30)(H,28,29). The van der Waals surface area contributed by atoms with Crippen LogP contribution in [0.2, 0.25) is 0 Å². The van der Waals surface area contributed by atoms with Gasteiger partial charge in [0, 0.05) is 18.2 Å². The lowest BCUT2D eigenvalue weighted by Gasteiger charge is -2.24. The summed E-state index contributed by atoms with van der Waals surface area (Å²) in [5.74, 6) is -3.58. The van der Waals surface area contributed by atoms with Crippen LogP contribution in [0.15, 0.2) is 42.5 Å². The molecular weight excluding hydrogens is 429 g/mol. The van der Waals surface area contributed by atoms with E-state index in [9.17, 15) is 23.6 Å². The number of para-hydroxylation sites is 1. The maximum atomic E-state index is 13.5. The number of rotatable bonds is 6. The van der Waals surface area contributed by atoms with Crippen molar-refractivity contribution in [2.75, 3.05) is 17.2 Å². The van der Waals surface area contributed by atoms with Gasteiger partial charge in [0.1, 0.15) is 5.82 Å². The summed E-state index contributed by atoms with van der Waals surface area (Å²) in [6.45, 7) is -0.591. The van der Waals surface area contributed by atoms with E-state index in [-0.39, 0.29) is 24.1 Å². The smallest absolute Gasteiger partial charge is 0.314 e. The first-order chi connectivity index (χ1) is 15.9. The van der Waals surface area contributed by atoms with E-state index in [2.05, 4.69) is 16.0 Å². The average molecular weight is 453 g/mol. The third kappa shape index (κ3) is 5.36. The Labute approximate surface area is 189 Å². The van der Waals surface area contributed by atoms with Crippen molar-refractivity contribution in [1.29, 1.82) is 0 Å². The third-order valence-corrected chi connectivity index (χ3v) is 5.82. The number of esters is 1. The minimum atomic E-state index is -0.938.